The van der Waals surface area contributed by atoms with E-state index in [0.717, 1.165) is 12.8 Å². The molecule has 2 aliphatic heterocycles. The number of hydrogen-bond acceptors (Lipinski definition) is 5. The van der Waals surface area contributed by atoms with Crippen molar-refractivity contribution >= 4 is 23.9 Å². The molecule has 0 bridgehead atoms. The summed E-state index contributed by atoms with van der Waals surface area (Å²) in [5.41, 5.74) is 0.0896. The van der Waals surface area contributed by atoms with E-state index in [1.165, 1.54) is 6.34 Å². The lowest BCUT2D eigenvalue weighted by Crippen LogP contribution is -2.63. The van der Waals surface area contributed by atoms with Gasteiger partial charge in [0.15, 0.2) is 0 Å². The Balaban J connectivity index is 2.19. The van der Waals surface area contributed by atoms with Crippen LogP contribution in [0.1, 0.15) is 47.5 Å². The Morgan fingerprint density at radius 2 is 1.91 bits per heavy atom. The second kappa shape index (κ2) is 5.91. The van der Waals surface area contributed by atoms with Crippen molar-refractivity contribution in [3.8, 4) is 0 Å². The third-order valence-corrected chi connectivity index (χ3v) is 4.52. The van der Waals surface area contributed by atoms with Crippen molar-refractivity contribution in [2.45, 2.75) is 58.5 Å². The topological polar surface area (TPSA) is 71.3 Å². The van der Waals surface area contributed by atoms with Gasteiger partial charge in [0.25, 0.3) is 5.91 Å². The number of carbonyl (C=O) groups excluding carboxylic acids is 2. The predicted octanol–water partition coefficient (Wildman–Crippen LogP) is 1.83. The number of esters is 1. The standard InChI is InChI=1S/C16H25N3O3/c1-6-22-12(20)9-19-15(2,3)7-11(8-16(19,4)5)13-14(21)18-10-17-13/h10-11H,6-9H2,1-5H3. The molecule has 0 unspecified atom stereocenters. The van der Waals surface area contributed by atoms with Crippen LogP contribution in [-0.4, -0.2) is 53.1 Å². The largest absolute Gasteiger partial charge is 0.465 e. The monoisotopic (exact) mass is 307 g/mol. The highest BCUT2D eigenvalue weighted by Gasteiger charge is 2.48. The van der Waals surface area contributed by atoms with Crippen molar-refractivity contribution in [3.63, 3.8) is 0 Å². The molecule has 0 atom stereocenters. The molecule has 0 N–H and O–H groups in total. The molecular weight excluding hydrogens is 282 g/mol. The molecule has 0 radical (unpaired) electrons. The maximum absolute atomic E-state index is 11.9. The van der Waals surface area contributed by atoms with Gasteiger partial charge in [0.05, 0.1) is 13.2 Å². The summed E-state index contributed by atoms with van der Waals surface area (Å²) in [7, 11) is 0. The first-order valence-electron chi connectivity index (χ1n) is 7.75. The Morgan fingerprint density at radius 1 is 1.32 bits per heavy atom. The lowest BCUT2D eigenvalue weighted by atomic mass is 9.72. The molecule has 1 amide bonds. The zero-order valence-corrected chi connectivity index (χ0v) is 14.0. The van der Waals surface area contributed by atoms with E-state index in [1.54, 1.807) is 0 Å². The van der Waals surface area contributed by atoms with Crippen LogP contribution in [-0.2, 0) is 14.3 Å². The number of piperidine rings is 1. The summed E-state index contributed by atoms with van der Waals surface area (Å²) in [6, 6.07) is 0. The Labute approximate surface area is 131 Å². The molecule has 1 fully saturated rings. The Hall–Kier alpha value is -1.56. The van der Waals surface area contributed by atoms with Crippen LogP contribution >= 0.6 is 0 Å². The predicted molar refractivity (Wildman–Crippen MR) is 85.2 cm³/mol. The molecule has 0 aliphatic carbocycles. The maximum atomic E-state index is 11.9. The number of aliphatic imine (C=N–C) groups is 2. The minimum atomic E-state index is -0.232. The van der Waals surface area contributed by atoms with Crippen LogP contribution in [0.5, 0.6) is 0 Å². The Bertz CT molecular complexity index is 517. The van der Waals surface area contributed by atoms with Crippen LogP contribution in [0.3, 0.4) is 0 Å². The number of carbonyl (C=O) groups is 2. The van der Waals surface area contributed by atoms with E-state index in [0.29, 0.717) is 12.3 Å². The SMILES string of the molecule is CCOC(=O)CN1C(C)(C)CC(C2=NC=NC2=O)CC1(C)C. The van der Waals surface area contributed by atoms with Crippen LogP contribution in [0.2, 0.25) is 0 Å². The van der Waals surface area contributed by atoms with E-state index < -0.39 is 0 Å². The van der Waals surface area contributed by atoms with Crippen molar-refractivity contribution in [1.82, 2.24) is 4.90 Å². The van der Waals surface area contributed by atoms with Crippen LogP contribution < -0.4 is 0 Å². The smallest absolute Gasteiger partial charge is 0.320 e. The molecule has 22 heavy (non-hydrogen) atoms. The number of hydrogen-bond donors (Lipinski definition) is 0. The first-order chi connectivity index (χ1) is 10.2. The lowest BCUT2D eigenvalue weighted by Gasteiger charge is -2.54. The average Bonchev–Trinajstić information content (AvgIpc) is 2.79. The zero-order valence-electron chi connectivity index (χ0n) is 14.0. The van der Waals surface area contributed by atoms with Crippen LogP contribution in [0.15, 0.2) is 9.98 Å². The third kappa shape index (κ3) is 3.27. The molecular formula is C16H25N3O3. The molecule has 0 spiro atoms. The van der Waals surface area contributed by atoms with E-state index in [2.05, 4.69) is 42.6 Å². The van der Waals surface area contributed by atoms with Crippen molar-refractivity contribution < 1.29 is 14.3 Å². The van der Waals surface area contributed by atoms with E-state index in [1.807, 2.05) is 6.92 Å². The molecule has 1 saturated heterocycles. The van der Waals surface area contributed by atoms with E-state index in [-0.39, 0.29) is 35.4 Å². The van der Waals surface area contributed by atoms with Gasteiger partial charge in [-0.3, -0.25) is 14.5 Å². The highest BCUT2D eigenvalue weighted by atomic mass is 16.5. The normalized spacial score (nSPS) is 24.4. The number of ether oxygens (including phenoxy) is 1. The van der Waals surface area contributed by atoms with Gasteiger partial charge in [0, 0.05) is 17.0 Å². The van der Waals surface area contributed by atoms with Crippen molar-refractivity contribution in [1.29, 1.82) is 0 Å². The fourth-order valence-electron chi connectivity index (χ4n) is 3.82. The lowest BCUT2D eigenvalue weighted by molar-refractivity contribution is -0.151. The van der Waals surface area contributed by atoms with Crippen LogP contribution in [0.25, 0.3) is 0 Å². The summed E-state index contributed by atoms with van der Waals surface area (Å²) >= 11 is 0. The summed E-state index contributed by atoms with van der Waals surface area (Å²) < 4.78 is 5.10. The van der Waals surface area contributed by atoms with Gasteiger partial charge in [-0.25, -0.2) is 4.99 Å². The van der Waals surface area contributed by atoms with Crippen molar-refractivity contribution in [3.05, 3.63) is 0 Å². The molecule has 0 aromatic carbocycles. The van der Waals surface area contributed by atoms with E-state index in [4.69, 9.17) is 4.74 Å². The van der Waals surface area contributed by atoms with Crippen molar-refractivity contribution in [2.75, 3.05) is 13.2 Å². The molecule has 0 aromatic heterocycles. The fourth-order valence-corrected chi connectivity index (χ4v) is 3.82. The van der Waals surface area contributed by atoms with Gasteiger partial charge in [-0.05, 0) is 47.5 Å². The van der Waals surface area contributed by atoms with E-state index >= 15 is 0 Å². The molecule has 2 aliphatic rings. The molecule has 122 valence electrons. The third-order valence-electron chi connectivity index (χ3n) is 4.52. The van der Waals surface area contributed by atoms with Crippen molar-refractivity contribution in [2.24, 2.45) is 15.9 Å². The minimum absolute atomic E-state index is 0.0680. The summed E-state index contributed by atoms with van der Waals surface area (Å²) in [4.78, 5) is 33.8. The Kier molecular flexibility index (Phi) is 4.52. The minimum Gasteiger partial charge on any atom is -0.465 e. The molecule has 0 aromatic rings. The van der Waals surface area contributed by atoms with Crippen LogP contribution in [0, 0.1) is 5.92 Å². The average molecular weight is 307 g/mol. The maximum Gasteiger partial charge on any atom is 0.320 e. The van der Waals surface area contributed by atoms with Gasteiger partial charge in [-0.1, -0.05) is 0 Å². The van der Waals surface area contributed by atoms with Crippen LogP contribution in [0.4, 0.5) is 0 Å². The first-order valence-corrected chi connectivity index (χ1v) is 7.75. The highest BCUT2D eigenvalue weighted by Crippen LogP contribution is 2.42. The quantitative estimate of drug-likeness (QED) is 0.743. The number of likely N-dealkylation sites (tertiary alicyclic amines) is 1. The highest BCUT2D eigenvalue weighted by molar-refractivity contribution is 6.44. The zero-order chi connectivity index (χ0) is 16.5. The fraction of sp³-hybridized carbons (Fsp3) is 0.750. The summed E-state index contributed by atoms with van der Waals surface area (Å²) in [5.74, 6) is -0.367. The first kappa shape index (κ1) is 16.8. The summed E-state index contributed by atoms with van der Waals surface area (Å²) in [6.45, 7) is 10.9. The molecule has 6 nitrogen and oxygen atoms in total. The van der Waals surface area contributed by atoms with Gasteiger partial charge in [-0.15, -0.1) is 0 Å². The number of nitrogens with zero attached hydrogens (tertiary/aromatic N) is 3. The molecule has 2 heterocycles. The van der Waals surface area contributed by atoms with Gasteiger partial charge < -0.3 is 4.74 Å². The second-order valence-corrected chi connectivity index (χ2v) is 7.19. The summed E-state index contributed by atoms with van der Waals surface area (Å²) in [5, 5.41) is 0. The van der Waals surface area contributed by atoms with Gasteiger partial charge in [0.2, 0.25) is 0 Å². The second-order valence-electron chi connectivity index (χ2n) is 7.19. The van der Waals surface area contributed by atoms with Gasteiger partial charge in [-0.2, -0.15) is 4.99 Å². The number of rotatable bonds is 4. The van der Waals surface area contributed by atoms with E-state index in [9.17, 15) is 9.59 Å². The Morgan fingerprint density at radius 3 is 2.36 bits per heavy atom. The molecule has 6 heteroatoms. The molecule has 0 saturated carbocycles. The van der Waals surface area contributed by atoms with Gasteiger partial charge in [0.1, 0.15) is 12.1 Å². The molecule has 2 rings (SSSR count). The number of amides is 1. The van der Waals surface area contributed by atoms with Gasteiger partial charge >= 0.3 is 5.97 Å². The summed E-state index contributed by atoms with van der Waals surface area (Å²) in [6.07, 6.45) is 2.87.